The lowest BCUT2D eigenvalue weighted by atomic mass is 10.1. The predicted molar refractivity (Wildman–Crippen MR) is 152 cm³/mol. The van der Waals surface area contributed by atoms with Crippen LogP contribution < -0.4 is 9.64 Å². The fourth-order valence-corrected chi connectivity index (χ4v) is 4.97. The molecule has 0 radical (unpaired) electrons. The normalized spacial score (nSPS) is 13.9. The third-order valence-electron chi connectivity index (χ3n) is 7.20. The smallest absolute Gasteiger partial charge is 0.212 e. The molecule has 5 aromatic rings. The summed E-state index contributed by atoms with van der Waals surface area (Å²) in [4.78, 5) is 18.8. The van der Waals surface area contributed by atoms with Crippen molar-refractivity contribution in [3.63, 3.8) is 0 Å². The van der Waals surface area contributed by atoms with Crippen LogP contribution in [-0.4, -0.2) is 86.3 Å². The van der Waals surface area contributed by atoms with Crippen LogP contribution in [0.5, 0.6) is 5.88 Å². The van der Waals surface area contributed by atoms with Crippen molar-refractivity contribution in [3.05, 3.63) is 72.6 Å². The summed E-state index contributed by atoms with van der Waals surface area (Å²) in [5, 5.41) is 18.6. The Balaban J connectivity index is 1.20. The van der Waals surface area contributed by atoms with Gasteiger partial charge in [0.1, 0.15) is 23.0 Å². The SMILES string of the molecule is COCCn1cc(-c2cn3ncc(C#N)c3c(-c3ccc(N4CCN(Cc5ccc(OC)nc5)CC4)nc3)n2)cn1. The highest BCUT2D eigenvalue weighted by Gasteiger charge is 2.20. The fraction of sp³-hybridized carbons (Fsp3) is 0.310. The van der Waals surface area contributed by atoms with Gasteiger partial charge in [-0.25, -0.2) is 19.5 Å². The first-order chi connectivity index (χ1) is 20.1. The van der Waals surface area contributed by atoms with Crippen molar-refractivity contribution in [2.75, 3.05) is 51.9 Å². The van der Waals surface area contributed by atoms with Crippen molar-refractivity contribution in [1.29, 1.82) is 5.26 Å². The number of fused-ring (bicyclic) bond motifs is 1. The van der Waals surface area contributed by atoms with E-state index in [1.165, 1.54) is 5.56 Å². The molecule has 6 rings (SSSR count). The monoisotopic (exact) mass is 550 g/mol. The quantitative estimate of drug-likeness (QED) is 0.271. The second-order valence-electron chi connectivity index (χ2n) is 9.80. The second-order valence-corrected chi connectivity index (χ2v) is 9.80. The Morgan fingerprint density at radius 2 is 1.78 bits per heavy atom. The Labute approximate surface area is 237 Å². The summed E-state index contributed by atoms with van der Waals surface area (Å²) < 4.78 is 13.8. The lowest BCUT2D eigenvalue weighted by molar-refractivity contribution is 0.183. The Bertz CT molecular complexity index is 1660. The third kappa shape index (κ3) is 5.58. The molecule has 41 heavy (non-hydrogen) atoms. The molecule has 12 nitrogen and oxygen atoms in total. The molecule has 0 bridgehead atoms. The summed E-state index contributed by atoms with van der Waals surface area (Å²) in [5.74, 6) is 1.54. The van der Waals surface area contributed by atoms with Crippen LogP contribution in [0.15, 0.2) is 61.4 Å². The van der Waals surface area contributed by atoms with Gasteiger partial charge in [0.15, 0.2) is 0 Å². The number of aromatic nitrogens is 7. The van der Waals surface area contributed by atoms with Crippen molar-refractivity contribution < 1.29 is 9.47 Å². The van der Waals surface area contributed by atoms with E-state index in [1.807, 2.05) is 47.7 Å². The lowest BCUT2D eigenvalue weighted by Gasteiger charge is -2.35. The minimum atomic E-state index is 0.460. The zero-order chi connectivity index (χ0) is 28.2. The number of pyridine rings is 2. The number of nitriles is 1. The predicted octanol–water partition coefficient (Wildman–Crippen LogP) is 2.90. The molecule has 0 aliphatic carbocycles. The summed E-state index contributed by atoms with van der Waals surface area (Å²) in [6, 6.07) is 10.2. The van der Waals surface area contributed by atoms with E-state index in [2.05, 4.69) is 37.1 Å². The molecule has 1 fully saturated rings. The van der Waals surface area contributed by atoms with E-state index in [1.54, 1.807) is 31.1 Å². The summed E-state index contributed by atoms with van der Waals surface area (Å²) in [5.41, 5.74) is 5.30. The fourth-order valence-electron chi connectivity index (χ4n) is 4.97. The standard InChI is InChI=1S/C29H30N10O2/c1-40-12-11-38-19-24(17-33-38)25-20-39-29(23(13-30)16-34-39)28(35-25)22-4-5-26(31-15-22)37-9-7-36(8-10-37)18-21-3-6-27(41-2)32-14-21/h3-6,14-17,19-20H,7-12,18H2,1-2H3. The average molecular weight is 551 g/mol. The number of rotatable bonds is 9. The topological polar surface area (TPSA) is 123 Å². The van der Waals surface area contributed by atoms with Gasteiger partial charge in [0.25, 0.3) is 0 Å². The molecule has 0 saturated carbocycles. The molecule has 0 atom stereocenters. The van der Waals surface area contributed by atoms with E-state index in [0.29, 0.717) is 41.5 Å². The Kier molecular flexibility index (Phi) is 7.53. The van der Waals surface area contributed by atoms with E-state index in [9.17, 15) is 5.26 Å². The van der Waals surface area contributed by atoms with Gasteiger partial charge < -0.3 is 14.4 Å². The molecule has 208 valence electrons. The molecule has 6 heterocycles. The summed E-state index contributed by atoms with van der Waals surface area (Å²) >= 11 is 0. The molecular formula is C29H30N10O2. The number of hydrogen-bond acceptors (Lipinski definition) is 10. The minimum absolute atomic E-state index is 0.460. The lowest BCUT2D eigenvalue weighted by Crippen LogP contribution is -2.46. The van der Waals surface area contributed by atoms with Crippen molar-refractivity contribution in [2.24, 2.45) is 0 Å². The van der Waals surface area contributed by atoms with E-state index in [-0.39, 0.29) is 0 Å². The number of hydrogen-bond donors (Lipinski definition) is 0. The largest absolute Gasteiger partial charge is 0.481 e. The zero-order valence-electron chi connectivity index (χ0n) is 23.0. The van der Waals surface area contributed by atoms with Crippen molar-refractivity contribution in [1.82, 2.24) is 39.2 Å². The minimum Gasteiger partial charge on any atom is -0.481 e. The van der Waals surface area contributed by atoms with Gasteiger partial charge in [0, 0.05) is 75.6 Å². The van der Waals surface area contributed by atoms with E-state index in [0.717, 1.165) is 49.7 Å². The summed E-state index contributed by atoms with van der Waals surface area (Å²) in [6.45, 7) is 5.68. The third-order valence-corrected chi connectivity index (χ3v) is 7.20. The Morgan fingerprint density at radius 3 is 2.49 bits per heavy atom. The van der Waals surface area contributed by atoms with Gasteiger partial charge in [-0.2, -0.15) is 15.5 Å². The highest BCUT2D eigenvalue weighted by Crippen LogP contribution is 2.29. The molecule has 0 unspecified atom stereocenters. The van der Waals surface area contributed by atoms with Crippen LogP contribution in [0.25, 0.3) is 28.0 Å². The van der Waals surface area contributed by atoms with Gasteiger partial charge in [0.05, 0.1) is 50.2 Å². The molecule has 1 aliphatic rings. The van der Waals surface area contributed by atoms with Crippen LogP contribution in [-0.2, 0) is 17.8 Å². The van der Waals surface area contributed by atoms with Crippen LogP contribution >= 0.6 is 0 Å². The summed E-state index contributed by atoms with van der Waals surface area (Å²) in [7, 11) is 3.29. The molecule has 0 spiro atoms. The van der Waals surface area contributed by atoms with Gasteiger partial charge in [-0.15, -0.1) is 0 Å². The zero-order valence-corrected chi connectivity index (χ0v) is 23.0. The maximum atomic E-state index is 9.73. The first-order valence-corrected chi connectivity index (χ1v) is 13.4. The van der Waals surface area contributed by atoms with Crippen LogP contribution in [0.3, 0.4) is 0 Å². The van der Waals surface area contributed by atoms with E-state index in [4.69, 9.17) is 19.4 Å². The first kappa shape index (κ1) is 26.4. The van der Waals surface area contributed by atoms with Gasteiger partial charge in [-0.05, 0) is 17.7 Å². The number of anilines is 1. The van der Waals surface area contributed by atoms with E-state index < -0.39 is 0 Å². The molecule has 1 saturated heterocycles. The van der Waals surface area contributed by atoms with Crippen molar-refractivity contribution in [2.45, 2.75) is 13.1 Å². The van der Waals surface area contributed by atoms with Crippen molar-refractivity contribution in [3.8, 4) is 34.5 Å². The van der Waals surface area contributed by atoms with Gasteiger partial charge >= 0.3 is 0 Å². The van der Waals surface area contributed by atoms with Gasteiger partial charge in [-0.3, -0.25) is 9.58 Å². The van der Waals surface area contributed by atoms with Crippen LogP contribution in [0.1, 0.15) is 11.1 Å². The molecule has 5 aromatic heterocycles. The Morgan fingerprint density at radius 1 is 0.902 bits per heavy atom. The highest BCUT2D eigenvalue weighted by atomic mass is 16.5. The maximum absolute atomic E-state index is 9.73. The number of piperazine rings is 1. The van der Waals surface area contributed by atoms with Crippen molar-refractivity contribution >= 4 is 11.3 Å². The summed E-state index contributed by atoms with van der Waals surface area (Å²) in [6.07, 6.45) is 10.8. The molecule has 0 aromatic carbocycles. The van der Waals surface area contributed by atoms with Crippen LogP contribution in [0.2, 0.25) is 0 Å². The average Bonchev–Trinajstić information content (AvgIpc) is 3.68. The van der Waals surface area contributed by atoms with Gasteiger partial charge in [0.2, 0.25) is 5.88 Å². The van der Waals surface area contributed by atoms with Crippen LogP contribution in [0, 0.1) is 11.3 Å². The second kappa shape index (κ2) is 11.7. The molecule has 0 amide bonds. The molecule has 1 aliphatic heterocycles. The number of ether oxygens (including phenoxy) is 2. The molecular weight excluding hydrogens is 520 g/mol. The maximum Gasteiger partial charge on any atom is 0.212 e. The number of nitrogens with zero attached hydrogens (tertiary/aromatic N) is 10. The molecule has 12 heteroatoms. The highest BCUT2D eigenvalue weighted by molar-refractivity contribution is 5.83. The molecule has 0 N–H and O–H groups in total. The Hall–Kier alpha value is -4.86. The number of methoxy groups -OCH3 is 2. The van der Waals surface area contributed by atoms with E-state index >= 15 is 0 Å². The van der Waals surface area contributed by atoms with Gasteiger partial charge in [-0.1, -0.05) is 6.07 Å². The van der Waals surface area contributed by atoms with Crippen LogP contribution in [0.4, 0.5) is 5.82 Å². The first-order valence-electron chi connectivity index (χ1n) is 13.4.